The van der Waals surface area contributed by atoms with E-state index >= 15 is 0 Å². The molecule has 3 aromatic heterocycles. The van der Waals surface area contributed by atoms with E-state index in [1.165, 1.54) is 0 Å². The van der Waals surface area contributed by atoms with E-state index < -0.39 is 0 Å². The quantitative estimate of drug-likeness (QED) is 0.671. The summed E-state index contributed by atoms with van der Waals surface area (Å²) in [6, 6.07) is 9.43. The molecule has 2 N–H and O–H groups in total. The number of pyridine rings is 2. The molecule has 0 aliphatic rings. The van der Waals surface area contributed by atoms with E-state index in [4.69, 9.17) is 10.2 Å². The van der Waals surface area contributed by atoms with E-state index in [0.29, 0.717) is 11.3 Å². The molecule has 3 rings (SSSR count). The smallest absolute Gasteiger partial charge is 0.152 e. The van der Waals surface area contributed by atoms with E-state index in [1.54, 1.807) is 12.5 Å². The van der Waals surface area contributed by atoms with Crippen molar-refractivity contribution in [3.05, 3.63) is 42.8 Å². The Morgan fingerprint density at radius 3 is 2.88 bits per heavy atom. The summed E-state index contributed by atoms with van der Waals surface area (Å²) in [6.45, 7) is 0. The first-order valence-electron chi connectivity index (χ1n) is 4.90. The van der Waals surface area contributed by atoms with Crippen LogP contribution in [0.15, 0.2) is 47.2 Å². The lowest BCUT2D eigenvalue weighted by Gasteiger charge is -2.01. The lowest BCUT2D eigenvalue weighted by atomic mass is 10.2. The van der Waals surface area contributed by atoms with Gasteiger partial charge in [0.25, 0.3) is 0 Å². The molecule has 0 spiro atoms. The van der Waals surface area contributed by atoms with Gasteiger partial charge in [0.05, 0.1) is 6.26 Å². The van der Waals surface area contributed by atoms with Gasteiger partial charge in [0.15, 0.2) is 5.76 Å². The lowest BCUT2D eigenvalue weighted by molar-refractivity contribution is 0.580. The molecule has 0 aliphatic carbocycles. The van der Waals surface area contributed by atoms with Crippen molar-refractivity contribution in [2.75, 3.05) is 5.73 Å². The molecule has 4 nitrogen and oxygen atoms in total. The minimum Gasteiger partial charge on any atom is -0.463 e. The van der Waals surface area contributed by atoms with Gasteiger partial charge in [-0.3, -0.25) is 0 Å². The number of anilines is 1. The monoisotopic (exact) mass is 211 g/mol. The van der Waals surface area contributed by atoms with E-state index in [0.717, 1.165) is 16.8 Å². The molecule has 0 fully saturated rings. The first-order chi connectivity index (χ1) is 7.84. The van der Waals surface area contributed by atoms with Crippen LogP contribution in [0, 0.1) is 0 Å². The number of fused-ring (bicyclic) bond motifs is 1. The minimum absolute atomic E-state index is 0.436. The molecule has 0 unspecified atom stereocenters. The fourth-order valence-electron chi connectivity index (χ4n) is 1.63. The molecule has 0 saturated carbocycles. The van der Waals surface area contributed by atoms with Gasteiger partial charge >= 0.3 is 0 Å². The topological polar surface area (TPSA) is 64.9 Å². The normalized spacial score (nSPS) is 10.8. The maximum absolute atomic E-state index is 5.77. The van der Waals surface area contributed by atoms with E-state index in [-0.39, 0.29) is 0 Å². The van der Waals surface area contributed by atoms with E-state index in [1.807, 2.05) is 30.3 Å². The number of nitrogens with zero attached hydrogens (tertiary/aromatic N) is 2. The third-order valence-electron chi connectivity index (χ3n) is 2.41. The van der Waals surface area contributed by atoms with Crippen molar-refractivity contribution in [2.24, 2.45) is 0 Å². The number of nitrogens with two attached hydrogens (primary N) is 1. The molecule has 0 amide bonds. The Morgan fingerprint density at radius 2 is 2.06 bits per heavy atom. The number of rotatable bonds is 1. The highest BCUT2D eigenvalue weighted by Crippen LogP contribution is 2.23. The molecular formula is C12H9N3O. The van der Waals surface area contributed by atoms with Gasteiger partial charge in [0.2, 0.25) is 0 Å². The summed E-state index contributed by atoms with van der Waals surface area (Å²) in [7, 11) is 0. The summed E-state index contributed by atoms with van der Waals surface area (Å²) in [5, 5.41) is 0.975. The number of nitrogen functional groups attached to an aromatic ring is 1. The van der Waals surface area contributed by atoms with Crippen LogP contribution in [0.2, 0.25) is 0 Å². The Bertz CT molecular complexity index is 632. The predicted octanol–water partition coefficient (Wildman–Crippen LogP) is 2.47. The van der Waals surface area contributed by atoms with Crippen LogP contribution in [-0.4, -0.2) is 9.97 Å². The molecule has 3 heterocycles. The van der Waals surface area contributed by atoms with Crippen molar-refractivity contribution in [1.82, 2.24) is 9.97 Å². The Kier molecular flexibility index (Phi) is 1.86. The van der Waals surface area contributed by atoms with Gasteiger partial charge in [-0.05, 0) is 24.3 Å². The van der Waals surface area contributed by atoms with Crippen LogP contribution in [-0.2, 0) is 0 Å². The minimum atomic E-state index is 0.436. The van der Waals surface area contributed by atoms with Gasteiger partial charge in [0.1, 0.15) is 17.0 Å². The van der Waals surface area contributed by atoms with Crippen molar-refractivity contribution in [3.8, 4) is 11.5 Å². The van der Waals surface area contributed by atoms with Gasteiger partial charge in [-0.1, -0.05) is 6.07 Å². The van der Waals surface area contributed by atoms with Crippen molar-refractivity contribution in [3.63, 3.8) is 0 Å². The van der Waals surface area contributed by atoms with E-state index in [2.05, 4.69) is 9.97 Å². The highest BCUT2D eigenvalue weighted by atomic mass is 16.3. The second-order valence-electron chi connectivity index (χ2n) is 3.44. The van der Waals surface area contributed by atoms with Gasteiger partial charge in [0, 0.05) is 11.6 Å². The van der Waals surface area contributed by atoms with Gasteiger partial charge in [-0.15, -0.1) is 0 Å². The molecule has 0 radical (unpaired) electrons. The van der Waals surface area contributed by atoms with Crippen LogP contribution in [0.5, 0.6) is 0 Å². The zero-order valence-electron chi connectivity index (χ0n) is 8.42. The Morgan fingerprint density at radius 1 is 1.12 bits per heavy atom. The average molecular weight is 211 g/mol. The highest BCUT2D eigenvalue weighted by Gasteiger charge is 2.05. The van der Waals surface area contributed by atoms with Crippen molar-refractivity contribution >= 4 is 16.7 Å². The number of hydrogen-bond acceptors (Lipinski definition) is 4. The largest absolute Gasteiger partial charge is 0.463 e. The fourth-order valence-corrected chi connectivity index (χ4v) is 1.63. The molecule has 3 aromatic rings. The van der Waals surface area contributed by atoms with Crippen LogP contribution in [0.25, 0.3) is 22.4 Å². The standard InChI is InChI=1S/C12H9N3O/c13-12-11-8(5-6-14-12)3-4-9(15-11)10-2-1-7-16-10/h1-7H,(H2,13,14). The summed E-state index contributed by atoms with van der Waals surface area (Å²) < 4.78 is 5.28. The summed E-state index contributed by atoms with van der Waals surface area (Å²) in [4.78, 5) is 8.45. The average Bonchev–Trinajstić information content (AvgIpc) is 2.83. The van der Waals surface area contributed by atoms with E-state index in [9.17, 15) is 0 Å². The summed E-state index contributed by atoms with van der Waals surface area (Å²) in [5.74, 6) is 1.16. The third kappa shape index (κ3) is 1.32. The zero-order chi connectivity index (χ0) is 11.0. The molecule has 0 aliphatic heterocycles. The van der Waals surface area contributed by atoms with Crippen molar-refractivity contribution < 1.29 is 4.42 Å². The molecule has 78 valence electrons. The molecule has 0 atom stereocenters. The third-order valence-corrected chi connectivity index (χ3v) is 2.41. The summed E-state index contributed by atoms with van der Waals surface area (Å²) >= 11 is 0. The number of furan rings is 1. The molecule has 4 heteroatoms. The second kappa shape index (κ2) is 3.34. The van der Waals surface area contributed by atoms with Crippen LogP contribution in [0.3, 0.4) is 0 Å². The lowest BCUT2D eigenvalue weighted by Crippen LogP contribution is -1.93. The van der Waals surface area contributed by atoms with Gasteiger partial charge < -0.3 is 10.2 Å². The highest BCUT2D eigenvalue weighted by molar-refractivity contribution is 5.88. The molecule has 0 saturated heterocycles. The maximum atomic E-state index is 5.77. The predicted molar refractivity (Wildman–Crippen MR) is 61.7 cm³/mol. The molecule has 0 aromatic carbocycles. The second-order valence-corrected chi connectivity index (χ2v) is 3.44. The maximum Gasteiger partial charge on any atom is 0.152 e. The molecule has 16 heavy (non-hydrogen) atoms. The SMILES string of the molecule is Nc1nccc2ccc(-c3ccco3)nc12. The Balaban J connectivity index is 2.27. The first-order valence-corrected chi connectivity index (χ1v) is 4.90. The van der Waals surface area contributed by atoms with Crippen molar-refractivity contribution in [1.29, 1.82) is 0 Å². The zero-order valence-corrected chi connectivity index (χ0v) is 8.42. The van der Waals surface area contributed by atoms with Gasteiger partial charge in [-0.2, -0.15) is 0 Å². The molecular weight excluding hydrogens is 202 g/mol. The van der Waals surface area contributed by atoms with Crippen LogP contribution in [0.4, 0.5) is 5.82 Å². The summed E-state index contributed by atoms with van der Waals surface area (Å²) in [5.41, 5.74) is 7.24. The fraction of sp³-hybridized carbons (Fsp3) is 0. The molecule has 0 bridgehead atoms. The summed E-state index contributed by atoms with van der Waals surface area (Å²) in [6.07, 6.45) is 3.29. The first kappa shape index (κ1) is 8.91. The number of hydrogen-bond donors (Lipinski definition) is 1. The van der Waals surface area contributed by atoms with Crippen molar-refractivity contribution in [2.45, 2.75) is 0 Å². The van der Waals surface area contributed by atoms with Crippen LogP contribution >= 0.6 is 0 Å². The number of aromatic nitrogens is 2. The Hall–Kier alpha value is -2.36. The Labute approximate surface area is 91.7 Å². The van der Waals surface area contributed by atoms with Crippen LogP contribution in [0.1, 0.15) is 0 Å². The van der Waals surface area contributed by atoms with Crippen LogP contribution < -0.4 is 5.73 Å². The van der Waals surface area contributed by atoms with Gasteiger partial charge in [-0.25, -0.2) is 9.97 Å².